The minimum Gasteiger partial charge on any atom is -0.492 e. The lowest BCUT2D eigenvalue weighted by Gasteiger charge is -2.06. The Hall–Kier alpha value is -2.61. The molecule has 0 spiro atoms. The number of carbonyl (C=O) groups excluding carboxylic acids is 1. The van der Waals surface area contributed by atoms with Gasteiger partial charge in [0.2, 0.25) is 5.91 Å². The van der Waals surface area contributed by atoms with Gasteiger partial charge < -0.3 is 14.6 Å². The van der Waals surface area contributed by atoms with Crippen molar-refractivity contribution in [2.75, 3.05) is 12.4 Å². The van der Waals surface area contributed by atoms with Gasteiger partial charge in [-0.25, -0.2) is 4.98 Å². The van der Waals surface area contributed by atoms with Crippen molar-refractivity contribution in [2.24, 2.45) is 10.2 Å². The topological polar surface area (TPSA) is 80.9 Å². The van der Waals surface area contributed by atoms with Crippen molar-refractivity contribution in [1.82, 2.24) is 14.9 Å². The summed E-state index contributed by atoms with van der Waals surface area (Å²) in [5, 5.41) is 11.1. The van der Waals surface area contributed by atoms with E-state index in [1.54, 1.807) is 18.7 Å². The first-order valence-electron chi connectivity index (χ1n) is 7.02. The number of aromatic nitrogens is 2. The fourth-order valence-corrected chi connectivity index (χ4v) is 2.50. The van der Waals surface area contributed by atoms with Crippen molar-refractivity contribution < 1.29 is 9.53 Å². The largest absolute Gasteiger partial charge is 0.492 e. The van der Waals surface area contributed by atoms with E-state index in [1.807, 2.05) is 35.0 Å². The van der Waals surface area contributed by atoms with E-state index in [2.05, 4.69) is 20.5 Å². The molecule has 0 radical (unpaired) electrons. The number of carbonyl (C=O) groups is 1. The molecule has 1 amide bonds. The Labute approximate surface area is 137 Å². The van der Waals surface area contributed by atoms with Crippen LogP contribution in [0.3, 0.4) is 0 Å². The first-order chi connectivity index (χ1) is 11.3. The van der Waals surface area contributed by atoms with Crippen molar-refractivity contribution in [2.45, 2.75) is 6.54 Å². The molecule has 2 aromatic rings. The van der Waals surface area contributed by atoms with Crippen LogP contribution in [-0.2, 0) is 11.3 Å². The number of hydrogen-bond donors (Lipinski definition) is 1. The second-order valence-electron chi connectivity index (χ2n) is 4.70. The monoisotopic (exact) mass is 329 g/mol. The van der Waals surface area contributed by atoms with Crippen molar-refractivity contribution in [3.05, 3.63) is 48.5 Å². The Morgan fingerprint density at radius 1 is 1.39 bits per heavy atom. The average Bonchev–Trinajstić information content (AvgIpc) is 3.21. The minimum atomic E-state index is -0.0406. The molecule has 118 valence electrons. The fourth-order valence-electron chi connectivity index (χ4n) is 1.87. The van der Waals surface area contributed by atoms with Gasteiger partial charge in [-0.1, -0.05) is 11.8 Å². The van der Waals surface area contributed by atoms with Gasteiger partial charge in [-0.05, 0) is 29.8 Å². The number of rotatable bonds is 6. The zero-order chi connectivity index (χ0) is 15.9. The maximum atomic E-state index is 11.0. The molecule has 1 N–H and O–H groups in total. The van der Waals surface area contributed by atoms with Crippen LogP contribution in [0.25, 0.3) is 0 Å². The van der Waals surface area contributed by atoms with Crippen LogP contribution in [0.5, 0.6) is 5.75 Å². The molecule has 23 heavy (non-hydrogen) atoms. The maximum absolute atomic E-state index is 11.0. The molecule has 0 aliphatic carbocycles. The van der Waals surface area contributed by atoms with Crippen LogP contribution in [0.2, 0.25) is 0 Å². The molecule has 1 aromatic carbocycles. The van der Waals surface area contributed by atoms with Crippen LogP contribution < -0.4 is 10.1 Å². The second-order valence-corrected chi connectivity index (χ2v) is 5.67. The van der Waals surface area contributed by atoms with Gasteiger partial charge in [-0.3, -0.25) is 4.79 Å². The highest BCUT2D eigenvalue weighted by molar-refractivity contribution is 8.15. The highest BCUT2D eigenvalue weighted by Gasteiger charge is 2.15. The third kappa shape index (κ3) is 4.68. The summed E-state index contributed by atoms with van der Waals surface area (Å²) in [5.74, 6) is 1.16. The first kappa shape index (κ1) is 15.3. The molecule has 1 aromatic heterocycles. The zero-order valence-corrected chi connectivity index (χ0v) is 13.1. The Balaban J connectivity index is 1.47. The van der Waals surface area contributed by atoms with E-state index in [0.717, 1.165) is 17.9 Å². The molecule has 7 nitrogen and oxygen atoms in total. The van der Waals surface area contributed by atoms with Crippen molar-refractivity contribution in [3.8, 4) is 5.75 Å². The van der Waals surface area contributed by atoms with Crippen LogP contribution >= 0.6 is 11.8 Å². The van der Waals surface area contributed by atoms with E-state index in [0.29, 0.717) is 17.5 Å². The molecule has 3 rings (SSSR count). The average molecular weight is 329 g/mol. The standard InChI is InChI=1S/C15H15N5O2S/c21-14-10-23-15(18-14)19-17-9-12-1-3-13(4-2-12)22-8-7-20-6-5-16-11-20/h1-6,9,11H,7-8,10H2,(H,18,19,21). The number of benzene rings is 1. The lowest BCUT2D eigenvalue weighted by Crippen LogP contribution is -2.19. The molecule has 0 unspecified atom stereocenters. The third-order valence-corrected chi connectivity index (χ3v) is 3.86. The van der Waals surface area contributed by atoms with Crippen molar-refractivity contribution >= 4 is 29.1 Å². The SMILES string of the molecule is O=C1CSC(=NN=Cc2ccc(OCCn3ccnc3)cc2)N1. The highest BCUT2D eigenvalue weighted by Crippen LogP contribution is 2.12. The predicted molar refractivity (Wildman–Crippen MR) is 89.8 cm³/mol. The molecule has 1 fully saturated rings. The van der Waals surface area contributed by atoms with Gasteiger partial charge in [0.05, 0.1) is 24.8 Å². The van der Waals surface area contributed by atoms with Crippen LogP contribution in [-0.4, -0.2) is 39.2 Å². The number of amides is 1. The first-order valence-corrected chi connectivity index (χ1v) is 8.00. The van der Waals surface area contributed by atoms with Gasteiger partial charge >= 0.3 is 0 Å². The molecule has 0 saturated carbocycles. The molecule has 2 heterocycles. The summed E-state index contributed by atoms with van der Waals surface area (Å²) in [6, 6.07) is 7.57. The van der Waals surface area contributed by atoms with Gasteiger partial charge in [0.1, 0.15) is 12.4 Å². The minimum absolute atomic E-state index is 0.0406. The van der Waals surface area contributed by atoms with E-state index < -0.39 is 0 Å². The lowest BCUT2D eigenvalue weighted by atomic mass is 10.2. The quantitative estimate of drug-likeness (QED) is 0.643. The number of nitrogens with one attached hydrogen (secondary N) is 1. The highest BCUT2D eigenvalue weighted by atomic mass is 32.2. The van der Waals surface area contributed by atoms with Gasteiger partial charge in [-0.2, -0.15) is 5.10 Å². The van der Waals surface area contributed by atoms with Crippen LogP contribution in [0.15, 0.2) is 53.2 Å². The van der Waals surface area contributed by atoms with E-state index in [1.165, 1.54) is 11.8 Å². The Morgan fingerprint density at radius 2 is 2.26 bits per heavy atom. The molecular weight excluding hydrogens is 314 g/mol. The van der Waals surface area contributed by atoms with Gasteiger partial charge in [-0.15, -0.1) is 5.10 Å². The summed E-state index contributed by atoms with van der Waals surface area (Å²) in [4.78, 5) is 15.0. The van der Waals surface area contributed by atoms with Crippen molar-refractivity contribution in [1.29, 1.82) is 0 Å². The number of nitrogens with zero attached hydrogens (tertiary/aromatic N) is 4. The summed E-state index contributed by atoms with van der Waals surface area (Å²) in [6.45, 7) is 1.33. The smallest absolute Gasteiger partial charge is 0.236 e. The summed E-state index contributed by atoms with van der Waals surface area (Å²) in [5.41, 5.74) is 0.908. The summed E-state index contributed by atoms with van der Waals surface area (Å²) in [7, 11) is 0. The molecule has 1 saturated heterocycles. The van der Waals surface area contributed by atoms with Crippen LogP contribution in [0.1, 0.15) is 5.56 Å². The number of thioether (sulfide) groups is 1. The number of hydrogen-bond acceptors (Lipinski definition) is 6. The lowest BCUT2D eigenvalue weighted by molar-refractivity contribution is -0.116. The second kappa shape index (κ2) is 7.59. The molecule has 1 aliphatic heterocycles. The maximum Gasteiger partial charge on any atom is 0.236 e. The third-order valence-electron chi connectivity index (χ3n) is 3.00. The van der Waals surface area contributed by atoms with Gasteiger partial charge in [0.25, 0.3) is 0 Å². The Bertz CT molecular complexity index is 710. The molecule has 0 atom stereocenters. The Kier molecular flexibility index (Phi) is 5.05. The van der Waals surface area contributed by atoms with E-state index in [-0.39, 0.29) is 5.91 Å². The van der Waals surface area contributed by atoms with Crippen molar-refractivity contribution in [3.63, 3.8) is 0 Å². The van der Waals surface area contributed by atoms with E-state index in [4.69, 9.17) is 4.74 Å². The van der Waals surface area contributed by atoms with Crippen LogP contribution in [0, 0.1) is 0 Å². The predicted octanol–water partition coefficient (Wildman–Crippen LogP) is 1.51. The van der Waals surface area contributed by atoms with Gasteiger partial charge in [0, 0.05) is 12.4 Å². The molecule has 0 bridgehead atoms. The van der Waals surface area contributed by atoms with Gasteiger partial charge in [0.15, 0.2) is 5.17 Å². The number of amidine groups is 1. The molecule has 1 aliphatic rings. The summed E-state index contributed by atoms with van der Waals surface area (Å²) < 4.78 is 7.62. The Morgan fingerprint density at radius 3 is 2.96 bits per heavy atom. The van der Waals surface area contributed by atoms with E-state index >= 15 is 0 Å². The zero-order valence-electron chi connectivity index (χ0n) is 12.3. The fraction of sp³-hybridized carbons (Fsp3) is 0.200. The summed E-state index contributed by atoms with van der Waals surface area (Å²) in [6.07, 6.45) is 7.03. The number of imidazole rings is 1. The number of ether oxygens (including phenoxy) is 1. The summed E-state index contributed by atoms with van der Waals surface area (Å²) >= 11 is 1.35. The van der Waals surface area contributed by atoms with Crippen LogP contribution in [0.4, 0.5) is 0 Å². The van der Waals surface area contributed by atoms with E-state index in [9.17, 15) is 4.79 Å². The normalized spacial score (nSPS) is 16.2. The molecular formula is C15H15N5O2S. The molecule has 8 heteroatoms.